The molecule has 2 aromatic rings. The van der Waals surface area contributed by atoms with Crippen molar-refractivity contribution in [2.24, 2.45) is 0 Å². The van der Waals surface area contributed by atoms with Crippen LogP contribution in [0.2, 0.25) is 0 Å². The summed E-state index contributed by atoms with van der Waals surface area (Å²) in [5, 5.41) is 22.7. The van der Waals surface area contributed by atoms with Gasteiger partial charge in [0.15, 0.2) is 0 Å². The summed E-state index contributed by atoms with van der Waals surface area (Å²) in [6.07, 6.45) is 7.96. The third-order valence-electron chi connectivity index (χ3n) is 5.58. The van der Waals surface area contributed by atoms with Crippen molar-refractivity contribution in [2.45, 2.75) is 38.2 Å². The zero-order valence-electron chi connectivity index (χ0n) is 15.4. The fourth-order valence-electron chi connectivity index (χ4n) is 4.26. The van der Waals surface area contributed by atoms with Gasteiger partial charge in [-0.25, -0.2) is 0 Å². The molecule has 5 rings (SSSR count). The van der Waals surface area contributed by atoms with Crippen LogP contribution in [0.15, 0.2) is 42.0 Å². The predicted octanol–water partition coefficient (Wildman–Crippen LogP) is 4.88. The van der Waals surface area contributed by atoms with E-state index < -0.39 is 5.60 Å². The second-order valence-electron chi connectivity index (χ2n) is 7.36. The first kappa shape index (κ1) is 17.0. The number of benzene rings is 2. The van der Waals surface area contributed by atoms with Gasteiger partial charge in [-0.15, -0.1) is 0 Å². The molecule has 0 saturated carbocycles. The lowest BCUT2D eigenvalue weighted by Crippen LogP contribution is -2.36. The molecule has 0 radical (unpaired) electrons. The van der Waals surface area contributed by atoms with Gasteiger partial charge in [0.1, 0.15) is 29.5 Å². The van der Waals surface area contributed by atoms with E-state index in [9.17, 15) is 10.2 Å². The molecule has 4 heteroatoms. The van der Waals surface area contributed by atoms with Gasteiger partial charge in [0.25, 0.3) is 0 Å². The van der Waals surface area contributed by atoms with Crippen molar-refractivity contribution < 1.29 is 19.7 Å². The van der Waals surface area contributed by atoms with Gasteiger partial charge in [-0.05, 0) is 38.8 Å². The molecular weight excluding hydrogens is 328 g/mol. The van der Waals surface area contributed by atoms with E-state index in [1.165, 1.54) is 5.57 Å². The lowest BCUT2D eigenvalue weighted by molar-refractivity contribution is 0.00446. The number of hydrogen-bond acceptors (Lipinski definition) is 4. The van der Waals surface area contributed by atoms with Crippen molar-refractivity contribution in [3.63, 3.8) is 0 Å². The first-order chi connectivity index (χ1) is 12.5. The van der Waals surface area contributed by atoms with Gasteiger partial charge in [-0.3, -0.25) is 0 Å². The number of hydrogen-bond donors (Lipinski definition) is 2. The standard InChI is InChI=1S/C22H24O4/c1-13(2)9-12-26-21-15-5-4-6-16(23)18(15)20(24)19-17(21)14-7-10-22(19,25-3)11-8-14/h4-7,9-10,14,23-24H,8,11-12H2,1-3H3/t14-,22-/m0/s1. The Morgan fingerprint density at radius 1 is 1.31 bits per heavy atom. The van der Waals surface area contributed by atoms with Crippen LogP contribution in [-0.2, 0) is 10.3 Å². The van der Waals surface area contributed by atoms with Crippen molar-refractivity contribution in [1.82, 2.24) is 0 Å². The number of aromatic hydroxyl groups is 2. The third kappa shape index (κ3) is 2.32. The number of methoxy groups -OCH3 is 1. The SMILES string of the molecule is CO[C@@]12C=C[C@@H](CC1)c1c2c(O)c2c(O)cccc2c1OCC=C(C)C. The Morgan fingerprint density at radius 2 is 2.12 bits per heavy atom. The Morgan fingerprint density at radius 3 is 2.77 bits per heavy atom. The highest BCUT2D eigenvalue weighted by Gasteiger charge is 2.46. The number of ether oxygens (including phenoxy) is 2. The molecule has 4 nitrogen and oxygen atoms in total. The average molecular weight is 352 g/mol. The lowest BCUT2D eigenvalue weighted by atomic mass is 9.67. The molecule has 2 aromatic carbocycles. The number of fused-ring (bicyclic) bond motifs is 2. The van der Waals surface area contributed by atoms with E-state index in [-0.39, 0.29) is 17.4 Å². The van der Waals surface area contributed by atoms with Crippen LogP contribution < -0.4 is 4.74 Å². The van der Waals surface area contributed by atoms with Gasteiger partial charge in [-0.2, -0.15) is 0 Å². The fraction of sp³-hybridized carbons (Fsp3) is 0.364. The molecule has 0 amide bonds. The summed E-state index contributed by atoms with van der Waals surface area (Å²) in [6, 6.07) is 5.25. The van der Waals surface area contributed by atoms with E-state index in [1.54, 1.807) is 19.2 Å². The van der Waals surface area contributed by atoms with Crippen LogP contribution >= 0.6 is 0 Å². The first-order valence-electron chi connectivity index (χ1n) is 9.00. The molecule has 136 valence electrons. The molecule has 0 fully saturated rings. The summed E-state index contributed by atoms with van der Waals surface area (Å²) in [4.78, 5) is 0. The maximum Gasteiger partial charge on any atom is 0.134 e. The molecule has 3 aliphatic carbocycles. The minimum absolute atomic E-state index is 0.0477. The minimum Gasteiger partial charge on any atom is -0.507 e. The van der Waals surface area contributed by atoms with E-state index in [0.717, 1.165) is 35.1 Å². The monoisotopic (exact) mass is 352 g/mol. The first-order valence-corrected chi connectivity index (χ1v) is 9.00. The van der Waals surface area contributed by atoms with Gasteiger partial charge < -0.3 is 19.7 Å². The summed E-state index contributed by atoms with van der Waals surface area (Å²) in [5.41, 5.74) is 2.23. The predicted molar refractivity (Wildman–Crippen MR) is 102 cm³/mol. The average Bonchev–Trinajstić information content (AvgIpc) is 2.64. The van der Waals surface area contributed by atoms with Gasteiger partial charge >= 0.3 is 0 Å². The van der Waals surface area contributed by atoms with Gasteiger partial charge in [0.05, 0.1) is 5.39 Å². The summed E-state index contributed by atoms with van der Waals surface area (Å²) in [7, 11) is 1.66. The van der Waals surface area contributed by atoms with E-state index in [2.05, 4.69) is 6.08 Å². The van der Waals surface area contributed by atoms with Crippen molar-refractivity contribution in [3.05, 3.63) is 53.1 Å². The van der Waals surface area contributed by atoms with E-state index in [0.29, 0.717) is 12.0 Å². The van der Waals surface area contributed by atoms with Crippen LogP contribution in [0.3, 0.4) is 0 Å². The van der Waals surface area contributed by atoms with Crippen LogP contribution in [0.1, 0.15) is 43.7 Å². The van der Waals surface area contributed by atoms with E-state index in [4.69, 9.17) is 9.47 Å². The number of phenols is 2. The molecule has 0 unspecified atom stereocenters. The molecule has 2 N–H and O–H groups in total. The highest BCUT2D eigenvalue weighted by Crippen LogP contribution is 2.58. The highest BCUT2D eigenvalue weighted by molar-refractivity contribution is 6.00. The van der Waals surface area contributed by atoms with Crippen molar-refractivity contribution in [2.75, 3.05) is 13.7 Å². The molecule has 2 atom stereocenters. The zero-order chi connectivity index (χ0) is 18.5. The second-order valence-corrected chi connectivity index (χ2v) is 7.36. The van der Waals surface area contributed by atoms with Gasteiger partial charge in [0.2, 0.25) is 0 Å². The quantitative estimate of drug-likeness (QED) is 0.770. The normalized spacial score (nSPS) is 23.1. The molecule has 0 spiro atoms. The van der Waals surface area contributed by atoms with Crippen molar-refractivity contribution in [3.8, 4) is 17.2 Å². The molecule has 0 aliphatic heterocycles. The molecule has 0 saturated heterocycles. The smallest absolute Gasteiger partial charge is 0.134 e. The van der Waals surface area contributed by atoms with Crippen LogP contribution in [0.4, 0.5) is 0 Å². The number of phenolic OH excluding ortho intramolecular Hbond substituents is 2. The Labute approximate surface area is 153 Å². The van der Waals surface area contributed by atoms with Gasteiger partial charge in [0, 0.05) is 29.5 Å². The third-order valence-corrected chi connectivity index (χ3v) is 5.58. The summed E-state index contributed by atoms with van der Waals surface area (Å²) >= 11 is 0. The largest absolute Gasteiger partial charge is 0.507 e. The summed E-state index contributed by atoms with van der Waals surface area (Å²) in [6.45, 7) is 4.51. The Bertz CT molecular complexity index is 937. The Kier molecular flexibility index (Phi) is 3.96. The molecule has 2 bridgehead atoms. The Hall–Kier alpha value is -2.46. The Balaban J connectivity index is 2.04. The lowest BCUT2D eigenvalue weighted by Gasteiger charge is -2.44. The van der Waals surface area contributed by atoms with Crippen molar-refractivity contribution in [1.29, 1.82) is 0 Å². The van der Waals surface area contributed by atoms with Crippen LogP contribution in [-0.4, -0.2) is 23.9 Å². The summed E-state index contributed by atoms with van der Waals surface area (Å²) < 4.78 is 12.1. The number of allylic oxidation sites excluding steroid dienone is 2. The van der Waals surface area contributed by atoms with Crippen molar-refractivity contribution >= 4 is 10.8 Å². The maximum atomic E-state index is 11.1. The second kappa shape index (κ2) is 6.06. The van der Waals surface area contributed by atoms with Gasteiger partial charge in [-0.1, -0.05) is 29.9 Å². The maximum absolute atomic E-state index is 11.1. The number of rotatable bonds is 4. The summed E-state index contributed by atoms with van der Waals surface area (Å²) in [5.74, 6) is 1.06. The zero-order valence-corrected chi connectivity index (χ0v) is 15.4. The molecule has 0 aromatic heterocycles. The van der Waals surface area contributed by atoms with Crippen LogP contribution in [0, 0.1) is 0 Å². The molecule has 3 aliphatic rings. The topological polar surface area (TPSA) is 58.9 Å². The fourth-order valence-corrected chi connectivity index (χ4v) is 4.26. The van der Waals surface area contributed by atoms with E-state index in [1.807, 2.05) is 32.1 Å². The van der Waals surface area contributed by atoms with Crippen LogP contribution in [0.25, 0.3) is 10.8 Å². The van der Waals surface area contributed by atoms with E-state index >= 15 is 0 Å². The minimum atomic E-state index is -0.667. The molecule has 0 heterocycles. The highest BCUT2D eigenvalue weighted by atomic mass is 16.5. The molecule has 26 heavy (non-hydrogen) atoms. The molecular formula is C22H24O4. The van der Waals surface area contributed by atoms with Crippen LogP contribution in [0.5, 0.6) is 17.2 Å².